The lowest BCUT2D eigenvalue weighted by Crippen LogP contribution is -2.48. The Morgan fingerprint density at radius 3 is 2.71 bits per heavy atom. The second-order valence-electron chi connectivity index (χ2n) is 5.23. The number of piperazine rings is 1. The van der Waals surface area contributed by atoms with Crippen LogP contribution in [0.4, 0.5) is 0 Å². The molecule has 1 aromatic rings. The van der Waals surface area contributed by atoms with E-state index in [0.29, 0.717) is 6.54 Å². The van der Waals surface area contributed by atoms with E-state index < -0.39 is 0 Å². The average molecular weight is 356 g/mol. The molecule has 1 saturated heterocycles. The molecular formula is C15H22BrN3O2. The number of halogens is 1. The minimum Gasteiger partial charge on any atom is -0.482 e. The standard InChI is InChI=1S/C15H22BrN3O2/c1-17-10-12-4-3-5-13(16)15(12)21-11-14(20)19-8-6-18(2)7-9-19/h3-5,17H,6-11H2,1-2H3. The number of nitrogens with one attached hydrogen (secondary N) is 1. The van der Waals surface area contributed by atoms with Gasteiger partial charge >= 0.3 is 0 Å². The van der Waals surface area contributed by atoms with Crippen LogP contribution in [0.25, 0.3) is 0 Å². The number of para-hydroxylation sites is 1. The van der Waals surface area contributed by atoms with Crippen LogP contribution in [0.15, 0.2) is 22.7 Å². The van der Waals surface area contributed by atoms with E-state index in [1.807, 2.05) is 30.1 Å². The van der Waals surface area contributed by atoms with Gasteiger partial charge in [0.05, 0.1) is 4.47 Å². The molecule has 1 N–H and O–H groups in total. The lowest BCUT2D eigenvalue weighted by molar-refractivity contribution is -0.134. The van der Waals surface area contributed by atoms with Gasteiger partial charge in [-0.15, -0.1) is 0 Å². The summed E-state index contributed by atoms with van der Waals surface area (Å²) in [4.78, 5) is 16.3. The highest BCUT2D eigenvalue weighted by Gasteiger charge is 2.20. The second kappa shape index (κ2) is 7.77. The van der Waals surface area contributed by atoms with Crippen LogP contribution in [0.5, 0.6) is 5.75 Å². The number of likely N-dealkylation sites (N-methyl/N-ethyl adjacent to an activating group) is 1. The number of carbonyl (C=O) groups is 1. The van der Waals surface area contributed by atoms with Crippen LogP contribution in [0.1, 0.15) is 5.56 Å². The normalized spacial score (nSPS) is 16.0. The molecule has 0 spiro atoms. The fourth-order valence-electron chi connectivity index (χ4n) is 2.33. The summed E-state index contributed by atoms with van der Waals surface area (Å²) in [5.41, 5.74) is 1.04. The van der Waals surface area contributed by atoms with E-state index in [0.717, 1.165) is 42.0 Å². The van der Waals surface area contributed by atoms with Crippen LogP contribution in [0.2, 0.25) is 0 Å². The summed E-state index contributed by atoms with van der Waals surface area (Å²) in [6, 6.07) is 5.89. The van der Waals surface area contributed by atoms with E-state index in [4.69, 9.17) is 4.74 Å². The molecule has 5 nitrogen and oxygen atoms in total. The zero-order valence-corrected chi connectivity index (χ0v) is 14.1. The van der Waals surface area contributed by atoms with Crippen molar-refractivity contribution in [2.75, 3.05) is 46.9 Å². The van der Waals surface area contributed by atoms with Crippen molar-refractivity contribution in [1.29, 1.82) is 0 Å². The Morgan fingerprint density at radius 1 is 1.33 bits per heavy atom. The molecular weight excluding hydrogens is 334 g/mol. The van der Waals surface area contributed by atoms with E-state index in [-0.39, 0.29) is 12.5 Å². The van der Waals surface area contributed by atoms with Crippen LogP contribution < -0.4 is 10.1 Å². The third-order valence-corrected chi connectivity index (χ3v) is 4.24. The first-order valence-corrected chi connectivity index (χ1v) is 7.92. The highest BCUT2D eigenvalue weighted by Crippen LogP contribution is 2.29. The molecule has 1 heterocycles. The van der Waals surface area contributed by atoms with Crippen LogP contribution in [0.3, 0.4) is 0 Å². The second-order valence-corrected chi connectivity index (χ2v) is 6.09. The molecule has 21 heavy (non-hydrogen) atoms. The maximum absolute atomic E-state index is 12.2. The van der Waals surface area contributed by atoms with Gasteiger partial charge in [-0.1, -0.05) is 12.1 Å². The molecule has 0 atom stereocenters. The largest absolute Gasteiger partial charge is 0.482 e. The molecule has 0 aromatic heterocycles. The summed E-state index contributed by atoms with van der Waals surface area (Å²) in [5, 5.41) is 3.11. The van der Waals surface area contributed by atoms with Gasteiger partial charge in [-0.25, -0.2) is 0 Å². The van der Waals surface area contributed by atoms with Gasteiger partial charge in [-0.3, -0.25) is 4.79 Å². The van der Waals surface area contributed by atoms with E-state index >= 15 is 0 Å². The van der Waals surface area contributed by atoms with Crippen LogP contribution in [-0.2, 0) is 11.3 Å². The van der Waals surface area contributed by atoms with Crippen molar-refractivity contribution < 1.29 is 9.53 Å². The maximum atomic E-state index is 12.2. The predicted octanol–water partition coefficient (Wildman–Crippen LogP) is 1.32. The molecule has 6 heteroatoms. The average Bonchev–Trinajstić information content (AvgIpc) is 2.47. The SMILES string of the molecule is CNCc1cccc(Br)c1OCC(=O)N1CCN(C)CC1. The first-order chi connectivity index (χ1) is 10.1. The summed E-state index contributed by atoms with van der Waals surface area (Å²) < 4.78 is 6.65. The number of hydrogen-bond acceptors (Lipinski definition) is 4. The summed E-state index contributed by atoms with van der Waals surface area (Å²) in [6.07, 6.45) is 0. The number of hydrogen-bond donors (Lipinski definition) is 1. The van der Waals surface area contributed by atoms with Crippen molar-refractivity contribution >= 4 is 21.8 Å². The highest BCUT2D eigenvalue weighted by atomic mass is 79.9. The summed E-state index contributed by atoms with van der Waals surface area (Å²) in [6.45, 7) is 4.19. The van der Waals surface area contributed by atoms with Crippen LogP contribution >= 0.6 is 15.9 Å². The lowest BCUT2D eigenvalue weighted by atomic mass is 10.2. The Kier molecular flexibility index (Phi) is 6.02. The molecule has 0 saturated carbocycles. The van der Waals surface area contributed by atoms with Gasteiger partial charge in [0.25, 0.3) is 5.91 Å². The Balaban J connectivity index is 1.95. The molecule has 0 unspecified atom stereocenters. The number of ether oxygens (including phenoxy) is 1. The zero-order valence-electron chi connectivity index (χ0n) is 12.6. The van der Waals surface area contributed by atoms with Gasteiger partial charge in [0, 0.05) is 38.3 Å². The number of carbonyl (C=O) groups excluding carboxylic acids is 1. The summed E-state index contributed by atoms with van der Waals surface area (Å²) >= 11 is 3.49. The molecule has 116 valence electrons. The third kappa shape index (κ3) is 4.43. The summed E-state index contributed by atoms with van der Waals surface area (Å²) in [7, 11) is 3.96. The van der Waals surface area contributed by atoms with Crippen molar-refractivity contribution in [1.82, 2.24) is 15.1 Å². The quantitative estimate of drug-likeness (QED) is 0.865. The van der Waals surface area contributed by atoms with E-state index in [1.54, 1.807) is 0 Å². The van der Waals surface area contributed by atoms with Crippen LogP contribution in [0, 0.1) is 0 Å². The van der Waals surface area contributed by atoms with E-state index in [9.17, 15) is 4.79 Å². The Labute approximate surface area is 134 Å². The van der Waals surface area contributed by atoms with Crippen molar-refractivity contribution in [2.24, 2.45) is 0 Å². The van der Waals surface area contributed by atoms with Crippen molar-refractivity contribution in [3.63, 3.8) is 0 Å². The van der Waals surface area contributed by atoms with Gasteiger partial charge in [0.1, 0.15) is 5.75 Å². The van der Waals surface area contributed by atoms with Crippen molar-refractivity contribution in [2.45, 2.75) is 6.54 Å². The molecule has 1 fully saturated rings. The minimum absolute atomic E-state index is 0.0502. The van der Waals surface area contributed by atoms with E-state index in [1.165, 1.54) is 0 Å². The molecule has 2 rings (SSSR count). The van der Waals surface area contributed by atoms with E-state index in [2.05, 4.69) is 33.2 Å². The summed E-state index contributed by atoms with van der Waals surface area (Å²) in [5.74, 6) is 0.795. The minimum atomic E-state index is 0.0502. The number of amides is 1. The van der Waals surface area contributed by atoms with Gasteiger partial charge < -0.3 is 19.9 Å². The highest BCUT2D eigenvalue weighted by molar-refractivity contribution is 9.10. The molecule has 0 aliphatic carbocycles. The first kappa shape index (κ1) is 16.3. The Hall–Kier alpha value is -1.11. The smallest absolute Gasteiger partial charge is 0.260 e. The molecule has 1 aromatic carbocycles. The zero-order chi connectivity index (χ0) is 15.2. The lowest BCUT2D eigenvalue weighted by Gasteiger charge is -2.32. The number of benzene rings is 1. The molecule has 0 bridgehead atoms. The third-order valence-electron chi connectivity index (χ3n) is 3.61. The topological polar surface area (TPSA) is 44.8 Å². The maximum Gasteiger partial charge on any atom is 0.260 e. The fourth-order valence-corrected chi connectivity index (χ4v) is 2.85. The predicted molar refractivity (Wildman–Crippen MR) is 86.5 cm³/mol. The monoisotopic (exact) mass is 355 g/mol. The first-order valence-electron chi connectivity index (χ1n) is 7.13. The van der Waals surface area contributed by atoms with Crippen LogP contribution in [-0.4, -0.2) is 62.6 Å². The van der Waals surface area contributed by atoms with Gasteiger partial charge in [0.15, 0.2) is 6.61 Å². The van der Waals surface area contributed by atoms with Gasteiger partial charge in [-0.05, 0) is 36.1 Å². The van der Waals surface area contributed by atoms with Gasteiger partial charge in [-0.2, -0.15) is 0 Å². The molecule has 1 amide bonds. The number of nitrogens with zero attached hydrogens (tertiary/aromatic N) is 2. The van der Waals surface area contributed by atoms with Crippen molar-refractivity contribution in [3.05, 3.63) is 28.2 Å². The molecule has 0 radical (unpaired) electrons. The number of rotatable bonds is 5. The van der Waals surface area contributed by atoms with Crippen molar-refractivity contribution in [3.8, 4) is 5.75 Å². The Morgan fingerprint density at radius 2 is 2.05 bits per heavy atom. The molecule has 1 aliphatic heterocycles. The fraction of sp³-hybridized carbons (Fsp3) is 0.533. The Bertz CT molecular complexity index is 488. The van der Waals surface area contributed by atoms with Gasteiger partial charge in [0.2, 0.25) is 0 Å². The molecule has 1 aliphatic rings.